The van der Waals surface area contributed by atoms with E-state index >= 15 is 0 Å². The van der Waals surface area contributed by atoms with E-state index in [2.05, 4.69) is 31.3 Å². The van der Waals surface area contributed by atoms with Crippen LogP contribution in [0.3, 0.4) is 0 Å². The molecule has 0 aliphatic rings. The van der Waals surface area contributed by atoms with Gasteiger partial charge < -0.3 is 10.4 Å². The van der Waals surface area contributed by atoms with Gasteiger partial charge in [-0.15, -0.1) is 0 Å². The summed E-state index contributed by atoms with van der Waals surface area (Å²) in [6, 6.07) is -1.07. The van der Waals surface area contributed by atoms with E-state index in [4.69, 9.17) is 0 Å². The Hall–Kier alpha value is -1.18. The maximum atomic E-state index is 12.4. The fourth-order valence-electron chi connectivity index (χ4n) is 5.41. The quantitative estimate of drug-likeness (QED) is 0.0391. The predicted octanol–water partition coefficient (Wildman–Crippen LogP) is 10.0. The Morgan fingerprint density at radius 1 is 0.605 bits per heavy atom. The lowest BCUT2D eigenvalue weighted by atomic mass is 10.0. The van der Waals surface area contributed by atoms with Crippen LogP contribution in [0.2, 0.25) is 0 Å². The molecule has 0 saturated carbocycles. The lowest BCUT2D eigenvalue weighted by Gasteiger charge is -2.21. The third-order valence-electron chi connectivity index (χ3n) is 8.13. The third kappa shape index (κ3) is 32.0. The molecule has 43 heavy (non-hydrogen) atoms. The highest BCUT2D eigenvalue weighted by Crippen LogP contribution is 2.14. The van der Waals surface area contributed by atoms with Gasteiger partial charge in [-0.2, -0.15) is 8.42 Å². The number of hydrogen-bond donors (Lipinski definition) is 3. The molecule has 3 N–H and O–H groups in total. The van der Waals surface area contributed by atoms with Gasteiger partial charge in [0.1, 0.15) is 0 Å². The average molecular weight is 628 g/mol. The lowest BCUT2D eigenvalue weighted by molar-refractivity contribution is -0.122. The first-order valence-electron chi connectivity index (χ1n) is 18.0. The summed E-state index contributed by atoms with van der Waals surface area (Å²) in [5.41, 5.74) is 0. The molecule has 0 aromatic carbocycles. The van der Waals surface area contributed by atoms with Gasteiger partial charge in [0.25, 0.3) is 10.1 Å². The Balaban J connectivity index is 3.96. The highest BCUT2D eigenvalue weighted by Gasteiger charge is 2.24. The molecule has 0 aliphatic heterocycles. The molecule has 2 unspecified atom stereocenters. The van der Waals surface area contributed by atoms with Crippen LogP contribution in [0.15, 0.2) is 24.3 Å². The number of hydrogen-bond acceptors (Lipinski definition) is 4. The molecule has 0 rings (SSSR count). The Kier molecular flexibility index (Phi) is 30.0. The molecule has 0 radical (unpaired) electrons. The Morgan fingerprint density at radius 2 is 1.00 bits per heavy atom. The summed E-state index contributed by atoms with van der Waals surface area (Å²) in [6.45, 7) is 4.48. The van der Waals surface area contributed by atoms with Crippen molar-refractivity contribution in [3.63, 3.8) is 0 Å². The second-order valence-corrected chi connectivity index (χ2v) is 14.0. The molecule has 0 aromatic rings. The molecule has 0 heterocycles. The zero-order chi connectivity index (χ0) is 31.9. The lowest BCUT2D eigenvalue weighted by Crippen LogP contribution is -2.46. The number of carbonyl (C=O) groups is 1. The van der Waals surface area contributed by atoms with Gasteiger partial charge in [-0.3, -0.25) is 9.35 Å². The molecule has 254 valence electrons. The van der Waals surface area contributed by atoms with Crippen molar-refractivity contribution >= 4 is 16.0 Å². The summed E-state index contributed by atoms with van der Waals surface area (Å²) < 4.78 is 32.3. The van der Waals surface area contributed by atoms with E-state index in [9.17, 15) is 22.9 Å². The number of aliphatic hydroxyl groups excluding tert-OH is 1. The molecule has 6 nitrogen and oxygen atoms in total. The molecule has 0 bridgehead atoms. The van der Waals surface area contributed by atoms with Crippen LogP contribution in [0.4, 0.5) is 0 Å². The zero-order valence-electron chi connectivity index (χ0n) is 28.1. The summed E-state index contributed by atoms with van der Waals surface area (Å²) >= 11 is 0. The van der Waals surface area contributed by atoms with E-state index < -0.39 is 28.0 Å². The second-order valence-electron chi connectivity index (χ2n) is 12.5. The van der Waals surface area contributed by atoms with Crippen molar-refractivity contribution < 1.29 is 22.9 Å². The SMILES string of the molecule is CCCCCCC/C=C/CC/C=C/C(O)C(CS(=O)(=O)O)NC(=O)CCCCCCCCCCCCCCCCCCC. The fourth-order valence-corrected chi connectivity index (χ4v) is 6.14. The van der Waals surface area contributed by atoms with Crippen LogP contribution >= 0.6 is 0 Å². The van der Waals surface area contributed by atoms with Gasteiger partial charge in [0.05, 0.1) is 17.9 Å². The van der Waals surface area contributed by atoms with Crippen molar-refractivity contribution in [2.75, 3.05) is 5.75 Å². The van der Waals surface area contributed by atoms with E-state index in [1.165, 1.54) is 128 Å². The number of rotatable bonds is 32. The molecular weight excluding hydrogens is 558 g/mol. The standard InChI is InChI=1S/C36H69NO5S/c1-3-5-7-9-11-13-15-16-17-18-19-20-22-24-26-28-30-32-36(39)37-34(33-43(40,41)42)35(38)31-29-27-25-23-21-14-12-10-8-6-4-2/h21,23,29,31,34-35,38H,3-20,22,24-28,30,32-33H2,1-2H3,(H,37,39)(H,40,41,42)/b23-21+,31-29+. The van der Waals surface area contributed by atoms with Gasteiger partial charge in [0.15, 0.2) is 0 Å². The Bertz CT molecular complexity index is 781. The zero-order valence-corrected chi connectivity index (χ0v) is 28.9. The van der Waals surface area contributed by atoms with Gasteiger partial charge in [0.2, 0.25) is 5.91 Å². The molecule has 0 spiro atoms. The first-order chi connectivity index (χ1) is 20.8. The fraction of sp³-hybridized carbons (Fsp3) is 0.861. The van der Waals surface area contributed by atoms with Crippen molar-refractivity contribution in [3.8, 4) is 0 Å². The minimum Gasteiger partial charge on any atom is -0.387 e. The highest BCUT2D eigenvalue weighted by atomic mass is 32.2. The number of unbranched alkanes of at least 4 members (excludes halogenated alkanes) is 22. The average Bonchev–Trinajstić information content (AvgIpc) is 2.96. The molecule has 1 amide bonds. The maximum absolute atomic E-state index is 12.4. The van der Waals surface area contributed by atoms with E-state index in [0.29, 0.717) is 6.42 Å². The molecule has 0 fully saturated rings. The van der Waals surface area contributed by atoms with Crippen molar-refractivity contribution in [2.45, 2.75) is 193 Å². The summed E-state index contributed by atoms with van der Waals surface area (Å²) in [7, 11) is -4.34. The van der Waals surface area contributed by atoms with Crippen LogP contribution < -0.4 is 5.32 Å². The van der Waals surface area contributed by atoms with Crippen LogP contribution in [0.25, 0.3) is 0 Å². The highest BCUT2D eigenvalue weighted by molar-refractivity contribution is 7.85. The molecule has 7 heteroatoms. The van der Waals surface area contributed by atoms with Gasteiger partial charge in [-0.05, 0) is 32.1 Å². The van der Waals surface area contributed by atoms with E-state index in [1.54, 1.807) is 6.08 Å². The minimum atomic E-state index is -4.34. The van der Waals surface area contributed by atoms with Gasteiger partial charge in [-0.1, -0.05) is 167 Å². The molecular formula is C36H69NO5S. The smallest absolute Gasteiger partial charge is 0.267 e. The van der Waals surface area contributed by atoms with Crippen molar-refractivity contribution in [2.24, 2.45) is 0 Å². The summed E-state index contributed by atoms with van der Waals surface area (Å²) in [6.07, 6.45) is 37.4. The van der Waals surface area contributed by atoms with Crippen LogP contribution in [-0.2, 0) is 14.9 Å². The Labute approximate surface area is 266 Å². The van der Waals surface area contributed by atoms with Crippen molar-refractivity contribution in [1.29, 1.82) is 0 Å². The number of allylic oxidation sites excluding steroid dienone is 3. The number of carbonyl (C=O) groups excluding carboxylic acids is 1. The van der Waals surface area contributed by atoms with Gasteiger partial charge in [0, 0.05) is 6.42 Å². The van der Waals surface area contributed by atoms with Crippen LogP contribution in [0, 0.1) is 0 Å². The van der Waals surface area contributed by atoms with E-state index in [-0.39, 0.29) is 5.91 Å². The van der Waals surface area contributed by atoms with E-state index in [0.717, 1.165) is 38.5 Å². The molecule has 0 aromatic heterocycles. The van der Waals surface area contributed by atoms with Gasteiger partial charge in [-0.25, -0.2) is 0 Å². The summed E-state index contributed by atoms with van der Waals surface area (Å²) in [4.78, 5) is 12.4. The van der Waals surface area contributed by atoms with Crippen molar-refractivity contribution in [1.82, 2.24) is 5.32 Å². The predicted molar refractivity (Wildman–Crippen MR) is 184 cm³/mol. The molecule has 2 atom stereocenters. The van der Waals surface area contributed by atoms with Gasteiger partial charge >= 0.3 is 0 Å². The summed E-state index contributed by atoms with van der Waals surface area (Å²) in [5, 5.41) is 13.1. The number of aliphatic hydroxyl groups is 1. The number of nitrogens with one attached hydrogen (secondary N) is 1. The normalized spacial score (nSPS) is 13.7. The second kappa shape index (κ2) is 30.8. The monoisotopic (exact) mass is 627 g/mol. The van der Waals surface area contributed by atoms with Crippen molar-refractivity contribution in [3.05, 3.63) is 24.3 Å². The summed E-state index contributed by atoms with van der Waals surface area (Å²) in [5.74, 6) is -0.995. The topological polar surface area (TPSA) is 104 Å². The largest absolute Gasteiger partial charge is 0.387 e. The van der Waals surface area contributed by atoms with E-state index in [1.807, 2.05) is 0 Å². The molecule has 0 saturated heterocycles. The van der Waals surface area contributed by atoms with Crippen LogP contribution in [-0.4, -0.2) is 41.9 Å². The maximum Gasteiger partial charge on any atom is 0.267 e. The minimum absolute atomic E-state index is 0.288. The van der Waals surface area contributed by atoms with Crippen LogP contribution in [0.5, 0.6) is 0 Å². The third-order valence-corrected chi connectivity index (χ3v) is 8.91. The first kappa shape index (κ1) is 41.8. The van der Waals surface area contributed by atoms with Crippen LogP contribution in [0.1, 0.15) is 181 Å². The number of amides is 1. The first-order valence-corrected chi connectivity index (χ1v) is 19.6. The molecule has 0 aliphatic carbocycles. The Morgan fingerprint density at radius 3 is 1.47 bits per heavy atom.